The normalized spacial score (nSPS) is 15.5. The molecule has 1 N–H and O–H groups in total. The van der Waals surface area contributed by atoms with Gasteiger partial charge in [0.05, 0.1) is 0 Å². The van der Waals surface area contributed by atoms with Crippen LogP contribution in [0, 0.1) is 12.7 Å². The standard InChI is InChI=1S/C18H20FN3O2/c1-12-11-14(13-5-3-4-6-15(13)19)16(18(23)24)17(20-12)22-9-7-21(2)8-10-22/h3-6,11H,7-10H2,1-2H3,(H,23,24). The topological polar surface area (TPSA) is 56.7 Å². The monoisotopic (exact) mass is 329 g/mol. The molecule has 1 aromatic carbocycles. The van der Waals surface area contributed by atoms with Crippen LogP contribution in [-0.4, -0.2) is 54.2 Å². The van der Waals surface area contributed by atoms with Gasteiger partial charge >= 0.3 is 5.97 Å². The molecule has 0 amide bonds. The van der Waals surface area contributed by atoms with Crippen LogP contribution in [0.4, 0.5) is 10.2 Å². The number of aromatic carboxylic acids is 1. The third-order valence-electron chi connectivity index (χ3n) is 4.31. The fourth-order valence-corrected chi connectivity index (χ4v) is 3.01. The van der Waals surface area contributed by atoms with Gasteiger partial charge in [0.25, 0.3) is 0 Å². The molecular formula is C18H20FN3O2. The van der Waals surface area contributed by atoms with Crippen molar-refractivity contribution in [2.24, 2.45) is 0 Å². The highest BCUT2D eigenvalue weighted by atomic mass is 19.1. The Hall–Kier alpha value is -2.47. The van der Waals surface area contributed by atoms with Crippen molar-refractivity contribution in [1.29, 1.82) is 0 Å². The van der Waals surface area contributed by atoms with Gasteiger partial charge in [-0.3, -0.25) is 0 Å². The first-order valence-corrected chi connectivity index (χ1v) is 7.90. The van der Waals surface area contributed by atoms with E-state index in [0.717, 1.165) is 13.1 Å². The van der Waals surface area contributed by atoms with Gasteiger partial charge in [0.15, 0.2) is 0 Å². The summed E-state index contributed by atoms with van der Waals surface area (Å²) in [6, 6.07) is 7.88. The Morgan fingerprint density at radius 2 is 1.83 bits per heavy atom. The summed E-state index contributed by atoms with van der Waals surface area (Å²) in [6.07, 6.45) is 0. The second-order valence-corrected chi connectivity index (χ2v) is 6.09. The number of carboxylic acids is 1. The second kappa shape index (κ2) is 6.57. The first-order chi connectivity index (χ1) is 11.5. The Morgan fingerprint density at radius 1 is 1.17 bits per heavy atom. The summed E-state index contributed by atoms with van der Waals surface area (Å²) in [5.41, 5.74) is 1.40. The van der Waals surface area contributed by atoms with E-state index in [1.165, 1.54) is 6.07 Å². The number of piperazine rings is 1. The molecular weight excluding hydrogens is 309 g/mol. The van der Waals surface area contributed by atoms with Crippen LogP contribution in [-0.2, 0) is 0 Å². The zero-order valence-electron chi connectivity index (χ0n) is 13.8. The van der Waals surface area contributed by atoms with Gasteiger partial charge in [0.2, 0.25) is 0 Å². The lowest BCUT2D eigenvalue weighted by Crippen LogP contribution is -2.45. The number of anilines is 1. The highest BCUT2D eigenvalue weighted by molar-refractivity contribution is 6.01. The molecule has 1 saturated heterocycles. The third-order valence-corrected chi connectivity index (χ3v) is 4.31. The van der Waals surface area contributed by atoms with Crippen LogP contribution in [0.3, 0.4) is 0 Å². The van der Waals surface area contributed by atoms with Gasteiger partial charge in [0, 0.05) is 43.0 Å². The summed E-state index contributed by atoms with van der Waals surface area (Å²) >= 11 is 0. The Labute approximate surface area is 140 Å². The summed E-state index contributed by atoms with van der Waals surface area (Å²) in [5.74, 6) is -1.10. The Bertz CT molecular complexity index is 771. The summed E-state index contributed by atoms with van der Waals surface area (Å²) < 4.78 is 14.2. The molecule has 0 bridgehead atoms. The van der Waals surface area contributed by atoms with Gasteiger partial charge in [-0.05, 0) is 26.1 Å². The molecule has 0 atom stereocenters. The Morgan fingerprint density at radius 3 is 2.46 bits per heavy atom. The maximum absolute atomic E-state index is 14.2. The van der Waals surface area contributed by atoms with Crippen molar-refractivity contribution in [3.63, 3.8) is 0 Å². The molecule has 126 valence electrons. The molecule has 2 aromatic rings. The van der Waals surface area contributed by atoms with Crippen molar-refractivity contribution in [2.75, 3.05) is 38.1 Å². The van der Waals surface area contributed by atoms with E-state index in [1.807, 2.05) is 11.9 Å². The summed E-state index contributed by atoms with van der Waals surface area (Å²) in [6.45, 7) is 4.87. The molecule has 1 aliphatic rings. The van der Waals surface area contributed by atoms with Gasteiger partial charge in [-0.2, -0.15) is 0 Å². The quantitative estimate of drug-likeness (QED) is 0.938. The van der Waals surface area contributed by atoms with Crippen molar-refractivity contribution in [3.05, 3.63) is 47.4 Å². The number of aromatic nitrogens is 1. The first-order valence-electron chi connectivity index (χ1n) is 7.90. The van der Waals surface area contributed by atoms with E-state index in [9.17, 15) is 14.3 Å². The molecule has 0 radical (unpaired) electrons. The van der Waals surface area contributed by atoms with Crippen molar-refractivity contribution < 1.29 is 14.3 Å². The van der Waals surface area contributed by atoms with E-state index in [-0.39, 0.29) is 11.1 Å². The Kier molecular flexibility index (Phi) is 4.49. The molecule has 6 heteroatoms. The molecule has 1 aliphatic heterocycles. The summed E-state index contributed by atoms with van der Waals surface area (Å²) in [7, 11) is 2.03. The number of likely N-dealkylation sites (N-methyl/N-ethyl adjacent to an activating group) is 1. The largest absolute Gasteiger partial charge is 0.478 e. The maximum atomic E-state index is 14.2. The molecule has 1 aromatic heterocycles. The summed E-state index contributed by atoms with van der Waals surface area (Å²) in [4.78, 5) is 20.6. The number of hydrogen-bond donors (Lipinski definition) is 1. The average Bonchev–Trinajstić information content (AvgIpc) is 2.55. The molecule has 0 saturated carbocycles. The van der Waals surface area contributed by atoms with E-state index in [4.69, 9.17) is 0 Å². The highest BCUT2D eigenvalue weighted by Gasteiger charge is 2.26. The molecule has 5 nitrogen and oxygen atoms in total. The molecule has 3 rings (SSSR count). The van der Waals surface area contributed by atoms with Gasteiger partial charge in [-0.1, -0.05) is 18.2 Å². The summed E-state index contributed by atoms with van der Waals surface area (Å²) in [5, 5.41) is 9.77. The fourth-order valence-electron chi connectivity index (χ4n) is 3.01. The molecule has 24 heavy (non-hydrogen) atoms. The number of rotatable bonds is 3. The Balaban J connectivity index is 2.16. The predicted molar refractivity (Wildman–Crippen MR) is 91.0 cm³/mol. The first kappa shape index (κ1) is 16.4. The SMILES string of the molecule is Cc1cc(-c2ccccc2F)c(C(=O)O)c(N2CCN(C)CC2)n1. The number of nitrogens with zero attached hydrogens (tertiary/aromatic N) is 3. The van der Waals surface area contributed by atoms with Gasteiger partial charge < -0.3 is 14.9 Å². The molecule has 0 spiro atoms. The average molecular weight is 329 g/mol. The maximum Gasteiger partial charge on any atom is 0.340 e. The van der Waals surface area contributed by atoms with Crippen LogP contribution in [0.5, 0.6) is 0 Å². The number of halogens is 1. The van der Waals surface area contributed by atoms with Gasteiger partial charge in [0.1, 0.15) is 17.2 Å². The minimum absolute atomic E-state index is 0.0650. The molecule has 1 fully saturated rings. The van der Waals surface area contributed by atoms with Crippen LogP contribution in [0.15, 0.2) is 30.3 Å². The smallest absolute Gasteiger partial charge is 0.340 e. The zero-order chi connectivity index (χ0) is 17.3. The number of benzene rings is 1. The zero-order valence-corrected chi connectivity index (χ0v) is 13.8. The van der Waals surface area contributed by atoms with Crippen molar-refractivity contribution >= 4 is 11.8 Å². The van der Waals surface area contributed by atoms with E-state index in [2.05, 4.69) is 9.88 Å². The van der Waals surface area contributed by atoms with Gasteiger partial charge in [-0.25, -0.2) is 14.2 Å². The van der Waals surface area contributed by atoms with Gasteiger partial charge in [-0.15, -0.1) is 0 Å². The van der Waals surface area contributed by atoms with Crippen LogP contribution in [0.25, 0.3) is 11.1 Å². The van der Waals surface area contributed by atoms with Crippen molar-refractivity contribution in [2.45, 2.75) is 6.92 Å². The van der Waals surface area contributed by atoms with Crippen molar-refractivity contribution in [1.82, 2.24) is 9.88 Å². The number of hydrogen-bond acceptors (Lipinski definition) is 4. The minimum atomic E-state index is -1.09. The number of carbonyl (C=O) groups is 1. The predicted octanol–water partition coefficient (Wildman–Crippen LogP) is 2.65. The third kappa shape index (κ3) is 3.10. The number of pyridine rings is 1. The highest BCUT2D eigenvalue weighted by Crippen LogP contribution is 2.33. The van der Waals surface area contributed by atoms with Crippen molar-refractivity contribution in [3.8, 4) is 11.1 Å². The lowest BCUT2D eigenvalue weighted by molar-refractivity contribution is 0.0698. The van der Waals surface area contributed by atoms with E-state index < -0.39 is 11.8 Å². The minimum Gasteiger partial charge on any atom is -0.478 e. The van der Waals surface area contributed by atoms with Crippen LogP contribution >= 0.6 is 0 Å². The van der Waals surface area contributed by atoms with E-state index >= 15 is 0 Å². The number of aryl methyl sites for hydroxylation is 1. The molecule has 0 aliphatic carbocycles. The van der Waals surface area contributed by atoms with E-state index in [0.29, 0.717) is 30.2 Å². The lowest BCUT2D eigenvalue weighted by Gasteiger charge is -2.34. The fraction of sp³-hybridized carbons (Fsp3) is 0.333. The van der Waals surface area contributed by atoms with E-state index in [1.54, 1.807) is 31.2 Å². The lowest BCUT2D eigenvalue weighted by atomic mass is 9.98. The molecule has 2 heterocycles. The molecule has 0 unspecified atom stereocenters. The van der Waals surface area contributed by atoms with Crippen LogP contribution in [0.1, 0.15) is 16.1 Å². The van der Waals surface area contributed by atoms with Crippen LogP contribution < -0.4 is 4.90 Å². The second-order valence-electron chi connectivity index (χ2n) is 6.09. The van der Waals surface area contributed by atoms with Crippen LogP contribution in [0.2, 0.25) is 0 Å². The number of carboxylic acid groups (broad SMARTS) is 1.